The molecule has 1 unspecified atom stereocenters. The molecule has 1 aromatic carbocycles. The summed E-state index contributed by atoms with van der Waals surface area (Å²) in [4.78, 5) is 9.51. The van der Waals surface area contributed by atoms with E-state index in [1.54, 1.807) is 34.8 Å². The number of pyridine rings is 1. The Morgan fingerprint density at radius 3 is 2.72 bits per heavy atom. The Labute approximate surface area is 147 Å². The lowest BCUT2D eigenvalue weighted by Gasteiger charge is -2.17. The van der Waals surface area contributed by atoms with Gasteiger partial charge in [-0.1, -0.05) is 18.2 Å². The molecule has 1 atom stereocenters. The van der Waals surface area contributed by atoms with Crippen LogP contribution in [0.25, 0.3) is 11.2 Å². The van der Waals surface area contributed by atoms with Crippen LogP contribution in [0, 0.1) is 0 Å². The van der Waals surface area contributed by atoms with E-state index in [2.05, 4.69) is 16.5 Å². The normalized spacial score (nSPS) is 18.8. The Bertz CT molecular complexity index is 998. The minimum Gasteiger partial charge on any atom is -0.313 e. The van der Waals surface area contributed by atoms with Gasteiger partial charge in [0.1, 0.15) is 11.3 Å². The van der Waals surface area contributed by atoms with Crippen LogP contribution < -0.4 is 0 Å². The first-order chi connectivity index (χ1) is 12.1. The second kappa shape index (κ2) is 6.24. The van der Waals surface area contributed by atoms with Crippen molar-refractivity contribution in [3.63, 3.8) is 0 Å². The number of hydrogen-bond donors (Lipinski definition) is 0. The quantitative estimate of drug-likeness (QED) is 0.721. The number of imidazole rings is 1. The molecule has 1 saturated heterocycles. The smallest absolute Gasteiger partial charge is 0.243 e. The van der Waals surface area contributed by atoms with Crippen molar-refractivity contribution in [2.45, 2.75) is 30.7 Å². The lowest BCUT2D eigenvalue weighted by atomic mass is 10.1. The summed E-state index contributed by atoms with van der Waals surface area (Å²) in [5.41, 5.74) is 1.73. The van der Waals surface area contributed by atoms with Gasteiger partial charge >= 0.3 is 0 Å². The van der Waals surface area contributed by atoms with E-state index in [0.29, 0.717) is 18.0 Å². The fraction of sp³-hybridized carbons (Fsp3) is 0.333. The SMILES string of the molecule is CCn1c(C2CCN(S(=O)(=O)c3ccccc3)C2)nc2cccnc21. The van der Waals surface area contributed by atoms with Crippen LogP contribution in [0.3, 0.4) is 0 Å². The molecule has 7 heteroatoms. The van der Waals surface area contributed by atoms with Crippen LogP contribution >= 0.6 is 0 Å². The molecule has 0 spiro atoms. The Kier molecular flexibility index (Phi) is 4.05. The first-order valence-electron chi connectivity index (χ1n) is 8.47. The maximum absolute atomic E-state index is 12.8. The minimum absolute atomic E-state index is 0.0904. The minimum atomic E-state index is -3.45. The highest BCUT2D eigenvalue weighted by Gasteiger charge is 2.35. The summed E-state index contributed by atoms with van der Waals surface area (Å²) in [5.74, 6) is 1.02. The van der Waals surface area contributed by atoms with E-state index in [4.69, 9.17) is 4.98 Å². The van der Waals surface area contributed by atoms with Crippen molar-refractivity contribution >= 4 is 21.2 Å². The predicted molar refractivity (Wildman–Crippen MR) is 95.8 cm³/mol. The highest BCUT2D eigenvalue weighted by molar-refractivity contribution is 7.89. The Morgan fingerprint density at radius 1 is 1.16 bits per heavy atom. The van der Waals surface area contributed by atoms with Crippen LogP contribution in [-0.4, -0.2) is 40.3 Å². The van der Waals surface area contributed by atoms with Crippen LogP contribution in [0.15, 0.2) is 53.6 Å². The van der Waals surface area contributed by atoms with Crippen LogP contribution in [0.5, 0.6) is 0 Å². The van der Waals surface area contributed by atoms with E-state index >= 15 is 0 Å². The van der Waals surface area contributed by atoms with Crippen molar-refractivity contribution < 1.29 is 8.42 Å². The van der Waals surface area contributed by atoms with Gasteiger partial charge in [-0.25, -0.2) is 18.4 Å². The number of sulfonamides is 1. The summed E-state index contributed by atoms with van der Waals surface area (Å²) < 4.78 is 29.3. The van der Waals surface area contributed by atoms with E-state index in [9.17, 15) is 8.42 Å². The topological polar surface area (TPSA) is 68.1 Å². The number of rotatable bonds is 4. The molecule has 1 fully saturated rings. The molecule has 3 heterocycles. The van der Waals surface area contributed by atoms with Crippen LogP contribution in [0.1, 0.15) is 25.1 Å². The van der Waals surface area contributed by atoms with Gasteiger partial charge in [0.2, 0.25) is 10.0 Å². The molecule has 3 aromatic rings. The second-order valence-electron chi connectivity index (χ2n) is 6.22. The standard InChI is InChI=1S/C18H20N4O2S/c1-2-22-17(20-16-9-6-11-19-18(16)22)14-10-12-21(13-14)25(23,24)15-7-4-3-5-8-15/h3-9,11,14H,2,10,12-13H2,1H3. The summed E-state index contributed by atoms with van der Waals surface area (Å²) in [5, 5.41) is 0. The zero-order valence-electron chi connectivity index (χ0n) is 14.0. The van der Waals surface area contributed by atoms with Gasteiger partial charge in [0.25, 0.3) is 0 Å². The van der Waals surface area contributed by atoms with Crippen molar-refractivity contribution in [1.29, 1.82) is 0 Å². The molecule has 25 heavy (non-hydrogen) atoms. The molecule has 0 N–H and O–H groups in total. The number of benzene rings is 1. The third-order valence-electron chi connectivity index (χ3n) is 4.75. The molecule has 130 valence electrons. The largest absolute Gasteiger partial charge is 0.313 e. The first kappa shape index (κ1) is 16.2. The van der Waals surface area contributed by atoms with E-state index in [1.807, 2.05) is 18.2 Å². The summed E-state index contributed by atoms with van der Waals surface area (Å²) in [6, 6.07) is 12.4. The number of aromatic nitrogens is 3. The van der Waals surface area contributed by atoms with Crippen molar-refractivity contribution in [3.05, 3.63) is 54.5 Å². The van der Waals surface area contributed by atoms with Crippen LogP contribution in [0.4, 0.5) is 0 Å². The Morgan fingerprint density at radius 2 is 1.96 bits per heavy atom. The number of fused-ring (bicyclic) bond motifs is 1. The Balaban J connectivity index is 1.65. The maximum Gasteiger partial charge on any atom is 0.243 e. The van der Waals surface area contributed by atoms with Crippen molar-refractivity contribution in [2.24, 2.45) is 0 Å². The van der Waals surface area contributed by atoms with Gasteiger partial charge in [0.05, 0.1) is 4.90 Å². The zero-order valence-corrected chi connectivity index (χ0v) is 14.9. The lowest BCUT2D eigenvalue weighted by molar-refractivity contribution is 0.469. The molecule has 2 aromatic heterocycles. The monoisotopic (exact) mass is 356 g/mol. The predicted octanol–water partition coefficient (Wildman–Crippen LogP) is 2.63. The molecule has 4 rings (SSSR count). The van der Waals surface area contributed by atoms with E-state index in [1.165, 1.54) is 0 Å². The fourth-order valence-electron chi connectivity index (χ4n) is 3.50. The van der Waals surface area contributed by atoms with Gasteiger partial charge in [-0.2, -0.15) is 4.31 Å². The number of aryl methyl sites for hydroxylation is 1. The van der Waals surface area contributed by atoms with Crippen molar-refractivity contribution in [3.8, 4) is 0 Å². The molecule has 0 saturated carbocycles. The molecule has 1 aliphatic heterocycles. The second-order valence-corrected chi connectivity index (χ2v) is 8.16. The molecule has 0 radical (unpaired) electrons. The maximum atomic E-state index is 12.8. The molecular formula is C18H20N4O2S. The highest BCUT2D eigenvalue weighted by Crippen LogP contribution is 2.32. The number of hydrogen-bond acceptors (Lipinski definition) is 4. The molecular weight excluding hydrogens is 336 g/mol. The van der Waals surface area contributed by atoms with Gasteiger partial charge in [0, 0.05) is 31.7 Å². The third-order valence-corrected chi connectivity index (χ3v) is 6.63. The van der Waals surface area contributed by atoms with Gasteiger partial charge in [0.15, 0.2) is 5.65 Å². The van der Waals surface area contributed by atoms with Gasteiger partial charge in [-0.3, -0.25) is 0 Å². The third kappa shape index (κ3) is 2.73. The average Bonchev–Trinajstić information content (AvgIpc) is 3.27. The molecule has 1 aliphatic rings. The fourth-order valence-corrected chi connectivity index (χ4v) is 5.02. The van der Waals surface area contributed by atoms with E-state index < -0.39 is 10.0 Å². The zero-order chi connectivity index (χ0) is 17.4. The molecule has 6 nitrogen and oxygen atoms in total. The van der Waals surface area contributed by atoms with Gasteiger partial charge in [-0.05, 0) is 37.6 Å². The molecule has 0 aliphatic carbocycles. The summed E-state index contributed by atoms with van der Waals surface area (Å²) in [6.07, 6.45) is 2.54. The molecule has 0 amide bonds. The summed E-state index contributed by atoms with van der Waals surface area (Å²) >= 11 is 0. The van der Waals surface area contributed by atoms with Crippen molar-refractivity contribution in [2.75, 3.05) is 13.1 Å². The molecule has 0 bridgehead atoms. The van der Waals surface area contributed by atoms with Gasteiger partial charge in [-0.15, -0.1) is 0 Å². The van der Waals surface area contributed by atoms with Crippen LogP contribution in [-0.2, 0) is 16.6 Å². The average molecular weight is 356 g/mol. The van der Waals surface area contributed by atoms with Crippen LogP contribution in [0.2, 0.25) is 0 Å². The Hall–Kier alpha value is -2.25. The van der Waals surface area contributed by atoms with E-state index in [0.717, 1.165) is 30.0 Å². The summed E-state index contributed by atoms with van der Waals surface area (Å²) in [6.45, 7) is 3.81. The highest BCUT2D eigenvalue weighted by atomic mass is 32.2. The summed E-state index contributed by atoms with van der Waals surface area (Å²) in [7, 11) is -3.45. The van der Waals surface area contributed by atoms with Crippen molar-refractivity contribution in [1.82, 2.24) is 18.8 Å². The van der Waals surface area contributed by atoms with Gasteiger partial charge < -0.3 is 4.57 Å². The number of nitrogens with zero attached hydrogens (tertiary/aromatic N) is 4. The van der Waals surface area contributed by atoms with E-state index in [-0.39, 0.29) is 5.92 Å². The first-order valence-corrected chi connectivity index (χ1v) is 9.91. The lowest BCUT2D eigenvalue weighted by Crippen LogP contribution is -2.28.